The van der Waals surface area contributed by atoms with Crippen LogP contribution in [0.1, 0.15) is 25.0 Å². The van der Waals surface area contributed by atoms with Crippen LogP contribution in [0.5, 0.6) is 0 Å². The number of hydrogen-bond acceptors (Lipinski definition) is 0. The molecule has 1 aliphatic rings. The number of hydrogen-bond donors (Lipinski definition) is 0. The second-order valence-electron chi connectivity index (χ2n) is 12.4. The SMILES string of the molecule is CC1(C)c2ccccc2-c2cccc(-c3c4ccccc4c(-c4cc5ccccc5c5ccccc45)c4ccccc34)c21. The standard InChI is InChI=1S/C43H30/c1-43(2)39-25-12-11-18-31(39)36-23-13-24-37(42(36)43)40-32-19-7-9-21-34(32)41(35-22-10-8-20-33(35)40)38-26-27-14-3-4-15-28(27)29-16-5-6-17-30(29)38/h3-26H,1-2H3. The zero-order valence-electron chi connectivity index (χ0n) is 24.4. The normalized spacial score (nSPS) is 13.5. The molecule has 0 saturated carbocycles. The molecule has 8 aromatic rings. The predicted molar refractivity (Wildman–Crippen MR) is 185 cm³/mol. The third kappa shape index (κ3) is 3.32. The molecular formula is C43H30. The van der Waals surface area contributed by atoms with Crippen LogP contribution in [-0.4, -0.2) is 0 Å². The van der Waals surface area contributed by atoms with Crippen molar-refractivity contribution < 1.29 is 0 Å². The Morgan fingerprint density at radius 1 is 0.349 bits per heavy atom. The van der Waals surface area contributed by atoms with Gasteiger partial charge in [-0.05, 0) is 93.7 Å². The molecule has 0 nitrogen and oxygen atoms in total. The van der Waals surface area contributed by atoms with Crippen LogP contribution in [0.3, 0.4) is 0 Å². The zero-order chi connectivity index (χ0) is 28.7. The molecule has 0 aliphatic heterocycles. The van der Waals surface area contributed by atoms with Crippen molar-refractivity contribution in [2.45, 2.75) is 19.3 Å². The van der Waals surface area contributed by atoms with Crippen molar-refractivity contribution in [3.63, 3.8) is 0 Å². The quantitative estimate of drug-likeness (QED) is 0.149. The second kappa shape index (κ2) is 8.90. The first kappa shape index (κ1) is 24.4. The minimum absolute atomic E-state index is 0.0993. The smallest absolute Gasteiger partial charge is 0.0165 e. The molecule has 0 heterocycles. The molecule has 0 saturated heterocycles. The van der Waals surface area contributed by atoms with E-state index in [0.717, 1.165) is 0 Å². The molecule has 1 aliphatic carbocycles. The molecule has 0 radical (unpaired) electrons. The Balaban J connectivity index is 1.45. The maximum atomic E-state index is 2.41. The molecule has 0 N–H and O–H groups in total. The summed E-state index contributed by atoms with van der Waals surface area (Å²) in [5, 5.41) is 10.4. The van der Waals surface area contributed by atoms with E-state index in [0.29, 0.717) is 0 Å². The van der Waals surface area contributed by atoms with Gasteiger partial charge < -0.3 is 0 Å². The Hall–Kier alpha value is -5.20. The van der Waals surface area contributed by atoms with Crippen LogP contribution in [0, 0.1) is 0 Å². The minimum Gasteiger partial charge on any atom is -0.0619 e. The number of benzene rings is 8. The van der Waals surface area contributed by atoms with Crippen LogP contribution in [0.25, 0.3) is 76.5 Å². The van der Waals surface area contributed by atoms with Gasteiger partial charge in [0.1, 0.15) is 0 Å². The van der Waals surface area contributed by atoms with Gasteiger partial charge in [-0.2, -0.15) is 0 Å². The first-order valence-electron chi connectivity index (χ1n) is 15.2. The van der Waals surface area contributed by atoms with Crippen LogP contribution < -0.4 is 0 Å². The molecule has 0 spiro atoms. The molecular weight excluding hydrogens is 516 g/mol. The molecule has 0 amide bonds. The van der Waals surface area contributed by atoms with Crippen molar-refractivity contribution in [3.05, 3.63) is 157 Å². The van der Waals surface area contributed by atoms with Crippen molar-refractivity contribution >= 4 is 43.1 Å². The first-order valence-corrected chi connectivity index (χ1v) is 15.2. The highest BCUT2D eigenvalue weighted by Crippen LogP contribution is 2.54. The Labute approximate surface area is 251 Å². The van der Waals surface area contributed by atoms with Crippen LogP contribution in [0.2, 0.25) is 0 Å². The van der Waals surface area contributed by atoms with Crippen LogP contribution in [0.4, 0.5) is 0 Å². The van der Waals surface area contributed by atoms with Gasteiger partial charge in [0.05, 0.1) is 0 Å². The maximum Gasteiger partial charge on any atom is 0.0165 e. The molecule has 202 valence electrons. The fraction of sp³-hybridized carbons (Fsp3) is 0.0698. The highest BCUT2D eigenvalue weighted by molar-refractivity contribution is 6.26. The summed E-state index contributed by atoms with van der Waals surface area (Å²) in [7, 11) is 0. The summed E-state index contributed by atoms with van der Waals surface area (Å²) < 4.78 is 0. The van der Waals surface area contributed by atoms with Gasteiger partial charge in [-0.25, -0.2) is 0 Å². The Kier molecular flexibility index (Phi) is 5.05. The summed E-state index contributed by atoms with van der Waals surface area (Å²) in [6, 6.07) is 54.1. The van der Waals surface area contributed by atoms with E-state index in [1.807, 2.05) is 0 Å². The third-order valence-corrected chi connectivity index (χ3v) is 9.82. The van der Waals surface area contributed by atoms with Crippen LogP contribution in [-0.2, 0) is 5.41 Å². The van der Waals surface area contributed by atoms with E-state index >= 15 is 0 Å². The van der Waals surface area contributed by atoms with E-state index in [-0.39, 0.29) is 5.41 Å². The van der Waals surface area contributed by atoms with Crippen molar-refractivity contribution in [1.82, 2.24) is 0 Å². The van der Waals surface area contributed by atoms with Gasteiger partial charge in [-0.3, -0.25) is 0 Å². The van der Waals surface area contributed by atoms with Gasteiger partial charge in [0, 0.05) is 5.41 Å². The molecule has 0 heteroatoms. The third-order valence-electron chi connectivity index (χ3n) is 9.82. The van der Waals surface area contributed by atoms with Crippen molar-refractivity contribution in [3.8, 4) is 33.4 Å². The topological polar surface area (TPSA) is 0 Å². The average Bonchev–Trinajstić information content (AvgIpc) is 3.30. The Morgan fingerprint density at radius 2 is 0.814 bits per heavy atom. The van der Waals surface area contributed by atoms with Gasteiger partial charge in [-0.1, -0.05) is 153 Å². The van der Waals surface area contributed by atoms with Gasteiger partial charge in [-0.15, -0.1) is 0 Å². The first-order chi connectivity index (χ1) is 21.1. The van der Waals surface area contributed by atoms with Crippen LogP contribution >= 0.6 is 0 Å². The molecule has 0 unspecified atom stereocenters. The van der Waals surface area contributed by atoms with E-state index in [1.165, 1.54) is 87.6 Å². The predicted octanol–water partition coefficient (Wildman–Crippen LogP) is 11.9. The maximum absolute atomic E-state index is 2.41. The zero-order valence-corrected chi connectivity index (χ0v) is 24.4. The average molecular weight is 547 g/mol. The summed E-state index contributed by atoms with van der Waals surface area (Å²) in [4.78, 5) is 0. The van der Waals surface area contributed by atoms with E-state index in [2.05, 4.69) is 159 Å². The lowest BCUT2D eigenvalue weighted by atomic mass is 9.76. The summed E-state index contributed by atoms with van der Waals surface area (Å²) in [5.41, 5.74) is 10.7. The second-order valence-corrected chi connectivity index (χ2v) is 12.4. The fourth-order valence-corrected chi connectivity index (χ4v) is 8.03. The summed E-state index contributed by atoms with van der Waals surface area (Å²) in [6.07, 6.45) is 0. The van der Waals surface area contributed by atoms with Gasteiger partial charge in [0.15, 0.2) is 0 Å². The molecule has 0 bridgehead atoms. The Morgan fingerprint density at radius 3 is 1.49 bits per heavy atom. The molecule has 0 atom stereocenters. The van der Waals surface area contributed by atoms with Gasteiger partial charge >= 0.3 is 0 Å². The minimum atomic E-state index is -0.0993. The Bertz CT molecular complexity index is 2360. The highest BCUT2D eigenvalue weighted by atomic mass is 14.4. The van der Waals surface area contributed by atoms with E-state index < -0.39 is 0 Å². The molecule has 0 aromatic heterocycles. The highest BCUT2D eigenvalue weighted by Gasteiger charge is 2.37. The lowest BCUT2D eigenvalue weighted by Crippen LogP contribution is -2.16. The molecule has 8 aromatic carbocycles. The number of rotatable bonds is 2. The summed E-state index contributed by atoms with van der Waals surface area (Å²) in [5.74, 6) is 0. The lowest BCUT2D eigenvalue weighted by Gasteiger charge is -2.26. The molecule has 9 rings (SSSR count). The van der Waals surface area contributed by atoms with E-state index in [1.54, 1.807) is 0 Å². The van der Waals surface area contributed by atoms with E-state index in [4.69, 9.17) is 0 Å². The van der Waals surface area contributed by atoms with Crippen LogP contribution in [0.15, 0.2) is 146 Å². The molecule has 43 heavy (non-hydrogen) atoms. The van der Waals surface area contributed by atoms with Gasteiger partial charge in [0.2, 0.25) is 0 Å². The summed E-state index contributed by atoms with van der Waals surface area (Å²) in [6.45, 7) is 4.78. The van der Waals surface area contributed by atoms with E-state index in [9.17, 15) is 0 Å². The number of fused-ring (bicyclic) bond motifs is 8. The lowest BCUT2D eigenvalue weighted by molar-refractivity contribution is 0.662. The monoisotopic (exact) mass is 546 g/mol. The van der Waals surface area contributed by atoms with Crippen molar-refractivity contribution in [1.29, 1.82) is 0 Å². The van der Waals surface area contributed by atoms with Gasteiger partial charge in [0.25, 0.3) is 0 Å². The summed E-state index contributed by atoms with van der Waals surface area (Å²) >= 11 is 0. The largest absolute Gasteiger partial charge is 0.0619 e. The fourth-order valence-electron chi connectivity index (χ4n) is 8.03. The van der Waals surface area contributed by atoms with Crippen molar-refractivity contribution in [2.75, 3.05) is 0 Å². The molecule has 0 fully saturated rings. The van der Waals surface area contributed by atoms with Crippen molar-refractivity contribution in [2.24, 2.45) is 0 Å².